The van der Waals surface area contributed by atoms with E-state index < -0.39 is 0 Å². The largest absolute Gasteiger partial charge is 0.436 e. The first-order valence-electron chi connectivity index (χ1n) is 7.29. The fourth-order valence-corrected chi connectivity index (χ4v) is 2.26. The Bertz CT molecular complexity index is 822. The van der Waals surface area contributed by atoms with Crippen molar-refractivity contribution in [3.63, 3.8) is 0 Å². The lowest BCUT2D eigenvalue weighted by molar-refractivity contribution is 0.0958. The van der Waals surface area contributed by atoms with Crippen molar-refractivity contribution in [1.29, 1.82) is 0 Å². The maximum absolute atomic E-state index is 12.2. The van der Waals surface area contributed by atoms with Gasteiger partial charge in [-0.15, -0.1) is 6.58 Å². The van der Waals surface area contributed by atoms with E-state index in [-0.39, 0.29) is 5.91 Å². The molecule has 0 radical (unpaired) electrons. The number of nitrogens with zero attached hydrogens (tertiary/aromatic N) is 1. The van der Waals surface area contributed by atoms with Crippen LogP contribution in [0.1, 0.15) is 10.4 Å². The van der Waals surface area contributed by atoms with Gasteiger partial charge in [0.1, 0.15) is 0 Å². The SMILES string of the molecule is C=CCNC(=O)c1ccccc1-c1ncc(-c2ccccc2)o1. The first-order valence-corrected chi connectivity index (χ1v) is 7.29. The average molecular weight is 304 g/mol. The number of hydrogen-bond acceptors (Lipinski definition) is 3. The molecule has 3 rings (SSSR count). The molecule has 3 aromatic rings. The Morgan fingerprint density at radius 1 is 1.13 bits per heavy atom. The highest BCUT2D eigenvalue weighted by molar-refractivity contribution is 6.00. The number of nitrogens with one attached hydrogen (secondary N) is 1. The molecule has 2 aromatic carbocycles. The fraction of sp³-hybridized carbons (Fsp3) is 0.0526. The molecule has 0 aliphatic rings. The van der Waals surface area contributed by atoms with E-state index in [2.05, 4.69) is 16.9 Å². The minimum atomic E-state index is -0.181. The number of rotatable bonds is 5. The lowest BCUT2D eigenvalue weighted by atomic mass is 10.1. The quantitative estimate of drug-likeness (QED) is 0.727. The average Bonchev–Trinajstić information content (AvgIpc) is 3.10. The van der Waals surface area contributed by atoms with Crippen LogP contribution in [0.4, 0.5) is 0 Å². The summed E-state index contributed by atoms with van der Waals surface area (Å²) in [5.74, 6) is 0.912. The third kappa shape index (κ3) is 3.21. The van der Waals surface area contributed by atoms with Crippen LogP contribution in [0.3, 0.4) is 0 Å². The molecule has 4 nitrogen and oxygen atoms in total. The summed E-state index contributed by atoms with van der Waals surface area (Å²) in [6, 6.07) is 17.0. The molecule has 1 N–H and O–H groups in total. The van der Waals surface area contributed by atoms with Crippen LogP contribution < -0.4 is 5.32 Å². The molecule has 0 unspecified atom stereocenters. The van der Waals surface area contributed by atoms with Gasteiger partial charge in [-0.25, -0.2) is 4.98 Å². The van der Waals surface area contributed by atoms with Crippen LogP contribution in [-0.4, -0.2) is 17.4 Å². The summed E-state index contributed by atoms with van der Waals surface area (Å²) in [6.45, 7) is 4.01. The molecule has 0 saturated heterocycles. The normalized spacial score (nSPS) is 10.3. The van der Waals surface area contributed by atoms with Crippen LogP contribution in [0, 0.1) is 0 Å². The molecule has 0 saturated carbocycles. The van der Waals surface area contributed by atoms with Crippen molar-refractivity contribution < 1.29 is 9.21 Å². The molecule has 0 bridgehead atoms. The van der Waals surface area contributed by atoms with E-state index >= 15 is 0 Å². The molecular formula is C19H16N2O2. The molecule has 0 aliphatic heterocycles. The van der Waals surface area contributed by atoms with Crippen molar-refractivity contribution in [2.45, 2.75) is 0 Å². The van der Waals surface area contributed by atoms with Crippen LogP contribution in [0.2, 0.25) is 0 Å². The van der Waals surface area contributed by atoms with E-state index in [1.807, 2.05) is 48.5 Å². The van der Waals surface area contributed by atoms with Crippen LogP contribution >= 0.6 is 0 Å². The minimum absolute atomic E-state index is 0.181. The third-order valence-corrected chi connectivity index (χ3v) is 3.37. The first kappa shape index (κ1) is 14.8. The summed E-state index contributed by atoms with van der Waals surface area (Å²) in [5.41, 5.74) is 2.13. The van der Waals surface area contributed by atoms with Crippen molar-refractivity contribution >= 4 is 5.91 Å². The monoisotopic (exact) mass is 304 g/mol. The smallest absolute Gasteiger partial charge is 0.252 e. The maximum atomic E-state index is 12.2. The summed E-state index contributed by atoms with van der Waals surface area (Å²) < 4.78 is 5.84. The molecule has 1 aromatic heterocycles. The number of aromatic nitrogens is 1. The van der Waals surface area contributed by atoms with E-state index in [4.69, 9.17) is 4.42 Å². The summed E-state index contributed by atoms with van der Waals surface area (Å²) in [4.78, 5) is 16.6. The van der Waals surface area contributed by atoms with Gasteiger partial charge in [0.2, 0.25) is 5.89 Å². The van der Waals surface area contributed by atoms with Crippen LogP contribution in [0.15, 0.2) is 77.9 Å². The topological polar surface area (TPSA) is 55.1 Å². The Balaban J connectivity index is 1.95. The Kier molecular flexibility index (Phi) is 4.34. The summed E-state index contributed by atoms with van der Waals surface area (Å²) in [7, 11) is 0. The zero-order valence-corrected chi connectivity index (χ0v) is 12.5. The zero-order valence-electron chi connectivity index (χ0n) is 12.5. The standard InChI is InChI=1S/C19H16N2O2/c1-2-12-20-18(22)15-10-6-7-11-16(15)19-21-13-17(23-19)14-8-4-3-5-9-14/h2-11,13H,1,12H2,(H,20,22). The van der Waals surface area contributed by atoms with Crippen molar-refractivity contribution in [2.75, 3.05) is 6.54 Å². The summed E-state index contributed by atoms with van der Waals surface area (Å²) in [5, 5.41) is 2.77. The number of benzene rings is 2. The Morgan fingerprint density at radius 2 is 1.87 bits per heavy atom. The summed E-state index contributed by atoms with van der Waals surface area (Å²) in [6.07, 6.45) is 3.31. The molecule has 0 fully saturated rings. The van der Waals surface area contributed by atoms with Crippen molar-refractivity contribution in [3.8, 4) is 22.8 Å². The second kappa shape index (κ2) is 6.75. The number of carbonyl (C=O) groups is 1. The first-order chi connectivity index (χ1) is 11.3. The molecule has 1 amide bonds. The second-order valence-electron chi connectivity index (χ2n) is 4.94. The van der Waals surface area contributed by atoms with Gasteiger partial charge >= 0.3 is 0 Å². The van der Waals surface area contributed by atoms with Gasteiger partial charge in [0.25, 0.3) is 5.91 Å². The molecule has 0 spiro atoms. The van der Waals surface area contributed by atoms with Crippen LogP contribution in [0.25, 0.3) is 22.8 Å². The Hall–Kier alpha value is -3.14. The molecule has 114 valence electrons. The second-order valence-corrected chi connectivity index (χ2v) is 4.94. The highest BCUT2D eigenvalue weighted by atomic mass is 16.4. The van der Waals surface area contributed by atoms with Crippen LogP contribution in [-0.2, 0) is 0 Å². The van der Waals surface area contributed by atoms with Crippen molar-refractivity contribution in [1.82, 2.24) is 10.3 Å². The van der Waals surface area contributed by atoms with Crippen molar-refractivity contribution in [2.24, 2.45) is 0 Å². The van der Waals surface area contributed by atoms with E-state index in [0.717, 1.165) is 5.56 Å². The molecular weight excluding hydrogens is 288 g/mol. The van der Waals surface area contributed by atoms with Crippen LogP contribution in [0.5, 0.6) is 0 Å². The number of amides is 1. The van der Waals surface area contributed by atoms with Crippen molar-refractivity contribution in [3.05, 3.63) is 79.0 Å². The van der Waals surface area contributed by atoms with Gasteiger partial charge < -0.3 is 9.73 Å². The Labute approximate surface area is 134 Å². The maximum Gasteiger partial charge on any atom is 0.252 e. The van der Waals surface area contributed by atoms with E-state index in [0.29, 0.717) is 29.3 Å². The van der Waals surface area contributed by atoms with Gasteiger partial charge in [0, 0.05) is 17.7 Å². The molecule has 4 heteroatoms. The van der Waals surface area contributed by atoms with Gasteiger partial charge in [0.05, 0.1) is 11.8 Å². The predicted octanol–water partition coefficient (Wildman–Crippen LogP) is 3.92. The van der Waals surface area contributed by atoms with Gasteiger partial charge in [-0.05, 0) is 12.1 Å². The lowest BCUT2D eigenvalue weighted by Gasteiger charge is -2.06. The Morgan fingerprint density at radius 3 is 2.65 bits per heavy atom. The van der Waals surface area contributed by atoms with E-state index in [9.17, 15) is 4.79 Å². The number of hydrogen-bond donors (Lipinski definition) is 1. The van der Waals surface area contributed by atoms with Gasteiger partial charge in [-0.2, -0.15) is 0 Å². The molecule has 0 aliphatic carbocycles. The predicted molar refractivity (Wildman–Crippen MR) is 89.9 cm³/mol. The number of carbonyl (C=O) groups excluding carboxylic acids is 1. The zero-order chi connectivity index (χ0) is 16.1. The van der Waals surface area contributed by atoms with Gasteiger partial charge in [0.15, 0.2) is 5.76 Å². The highest BCUT2D eigenvalue weighted by Gasteiger charge is 2.16. The summed E-state index contributed by atoms with van der Waals surface area (Å²) >= 11 is 0. The molecule has 1 heterocycles. The minimum Gasteiger partial charge on any atom is -0.436 e. The third-order valence-electron chi connectivity index (χ3n) is 3.37. The molecule has 23 heavy (non-hydrogen) atoms. The number of oxazole rings is 1. The molecule has 0 atom stereocenters. The fourth-order valence-electron chi connectivity index (χ4n) is 2.26. The lowest BCUT2D eigenvalue weighted by Crippen LogP contribution is -2.23. The van der Waals surface area contributed by atoms with E-state index in [1.54, 1.807) is 18.3 Å². The van der Waals surface area contributed by atoms with E-state index in [1.165, 1.54) is 0 Å². The van der Waals surface area contributed by atoms with Gasteiger partial charge in [-0.1, -0.05) is 48.5 Å². The highest BCUT2D eigenvalue weighted by Crippen LogP contribution is 2.28. The van der Waals surface area contributed by atoms with Gasteiger partial charge in [-0.3, -0.25) is 4.79 Å².